The number of para-hydroxylation sites is 1. The summed E-state index contributed by atoms with van der Waals surface area (Å²) in [6, 6.07) is 12.6. The summed E-state index contributed by atoms with van der Waals surface area (Å²) >= 11 is 5.37. The molecule has 0 atom stereocenters. The Morgan fingerprint density at radius 1 is 1.14 bits per heavy atom. The van der Waals surface area contributed by atoms with Crippen molar-refractivity contribution >= 4 is 23.0 Å². The molecular weight excluding hydrogens is 295 g/mol. The maximum absolute atomic E-state index is 12.9. The van der Waals surface area contributed by atoms with Gasteiger partial charge in [0, 0.05) is 12.2 Å². The minimum atomic E-state index is -0.231. The molecule has 0 saturated heterocycles. The van der Waals surface area contributed by atoms with Gasteiger partial charge in [-0.15, -0.1) is 0 Å². The average Bonchev–Trinajstić information content (AvgIpc) is 2.48. The molecule has 0 fully saturated rings. The highest BCUT2D eigenvalue weighted by Gasteiger charge is 2.10. The highest BCUT2D eigenvalue weighted by atomic mass is 32.1. The highest BCUT2D eigenvalue weighted by Crippen LogP contribution is 2.27. The molecule has 0 unspecified atom stereocenters. The first-order valence-electron chi connectivity index (χ1n) is 7.36. The molecule has 0 bridgehead atoms. The molecule has 0 spiro atoms. The first kappa shape index (κ1) is 16.4. The molecule has 2 aromatic rings. The molecule has 22 heavy (non-hydrogen) atoms. The molecular formula is C18H21FN2S. The number of thiocarbonyl (C=S) groups is 1. The monoisotopic (exact) mass is 316 g/mol. The largest absolute Gasteiger partial charge is 0.358 e. The predicted octanol–water partition coefficient (Wildman–Crippen LogP) is 4.74. The normalized spacial score (nSPS) is 10.6. The molecule has 116 valence electrons. The molecule has 0 aliphatic carbocycles. The van der Waals surface area contributed by atoms with Crippen LogP contribution < -0.4 is 10.6 Å². The SMILES string of the molecule is Cc1cccc(C(C)C)c1NC(=S)NCc1ccc(F)cc1. The zero-order chi connectivity index (χ0) is 16.1. The van der Waals surface area contributed by atoms with E-state index in [1.54, 1.807) is 12.1 Å². The van der Waals surface area contributed by atoms with E-state index in [2.05, 4.69) is 49.6 Å². The maximum Gasteiger partial charge on any atom is 0.171 e. The molecule has 2 aromatic carbocycles. The van der Waals surface area contributed by atoms with Crippen LogP contribution in [0.2, 0.25) is 0 Å². The fourth-order valence-electron chi connectivity index (χ4n) is 2.28. The van der Waals surface area contributed by atoms with Crippen molar-refractivity contribution in [3.05, 3.63) is 65.0 Å². The van der Waals surface area contributed by atoms with Crippen molar-refractivity contribution in [1.29, 1.82) is 0 Å². The molecule has 0 heterocycles. The molecule has 0 aliphatic heterocycles. The van der Waals surface area contributed by atoms with Crippen molar-refractivity contribution in [2.75, 3.05) is 5.32 Å². The van der Waals surface area contributed by atoms with Crippen LogP contribution in [0.1, 0.15) is 36.5 Å². The minimum Gasteiger partial charge on any atom is -0.358 e. The Morgan fingerprint density at radius 3 is 2.45 bits per heavy atom. The van der Waals surface area contributed by atoms with Crippen LogP contribution in [0.3, 0.4) is 0 Å². The number of halogens is 1. The van der Waals surface area contributed by atoms with Crippen molar-refractivity contribution in [3.63, 3.8) is 0 Å². The van der Waals surface area contributed by atoms with E-state index < -0.39 is 0 Å². The summed E-state index contributed by atoms with van der Waals surface area (Å²) in [6.07, 6.45) is 0. The predicted molar refractivity (Wildman–Crippen MR) is 94.7 cm³/mol. The van der Waals surface area contributed by atoms with Gasteiger partial charge in [-0.05, 0) is 53.9 Å². The second kappa shape index (κ2) is 7.36. The van der Waals surface area contributed by atoms with Gasteiger partial charge >= 0.3 is 0 Å². The van der Waals surface area contributed by atoms with Crippen molar-refractivity contribution < 1.29 is 4.39 Å². The number of rotatable bonds is 4. The number of benzene rings is 2. The van der Waals surface area contributed by atoms with Crippen LogP contribution in [-0.4, -0.2) is 5.11 Å². The molecule has 0 saturated carbocycles. The third kappa shape index (κ3) is 4.28. The van der Waals surface area contributed by atoms with Crippen LogP contribution in [0.5, 0.6) is 0 Å². The van der Waals surface area contributed by atoms with Crippen molar-refractivity contribution in [2.24, 2.45) is 0 Å². The number of hydrogen-bond acceptors (Lipinski definition) is 1. The summed E-state index contributed by atoms with van der Waals surface area (Å²) in [6.45, 7) is 6.95. The van der Waals surface area contributed by atoms with Gasteiger partial charge in [-0.2, -0.15) is 0 Å². The number of anilines is 1. The summed E-state index contributed by atoms with van der Waals surface area (Å²) in [5, 5.41) is 7.02. The van der Waals surface area contributed by atoms with Crippen LogP contribution in [0, 0.1) is 12.7 Å². The lowest BCUT2D eigenvalue weighted by atomic mass is 9.98. The molecule has 2 N–H and O–H groups in total. The molecule has 0 aromatic heterocycles. The first-order valence-corrected chi connectivity index (χ1v) is 7.77. The Kier molecular flexibility index (Phi) is 5.50. The summed E-state index contributed by atoms with van der Waals surface area (Å²) in [5.41, 5.74) is 4.46. The van der Waals surface area contributed by atoms with Gasteiger partial charge in [-0.25, -0.2) is 4.39 Å². The smallest absolute Gasteiger partial charge is 0.171 e. The lowest BCUT2D eigenvalue weighted by Gasteiger charge is -2.18. The standard InChI is InChI=1S/C18H21FN2S/c1-12(2)16-6-4-5-13(3)17(16)21-18(22)20-11-14-7-9-15(19)10-8-14/h4-10,12H,11H2,1-3H3,(H2,20,21,22). The Labute approximate surface area is 136 Å². The van der Waals surface area contributed by atoms with Gasteiger partial charge in [0.05, 0.1) is 0 Å². The summed E-state index contributed by atoms with van der Waals surface area (Å²) < 4.78 is 12.9. The summed E-state index contributed by atoms with van der Waals surface area (Å²) in [5.74, 6) is 0.188. The molecule has 2 nitrogen and oxygen atoms in total. The summed E-state index contributed by atoms with van der Waals surface area (Å²) in [7, 11) is 0. The van der Waals surface area contributed by atoms with Gasteiger partial charge in [-0.3, -0.25) is 0 Å². The summed E-state index contributed by atoms with van der Waals surface area (Å²) in [4.78, 5) is 0. The number of nitrogens with one attached hydrogen (secondary N) is 2. The molecule has 4 heteroatoms. The van der Waals surface area contributed by atoms with Gasteiger partial charge < -0.3 is 10.6 Å². The molecule has 0 amide bonds. The van der Waals surface area contributed by atoms with Crippen LogP contribution >= 0.6 is 12.2 Å². The Bertz CT molecular complexity index is 651. The zero-order valence-electron chi connectivity index (χ0n) is 13.1. The van der Waals surface area contributed by atoms with Gasteiger partial charge in [0.25, 0.3) is 0 Å². The maximum atomic E-state index is 12.9. The lowest BCUT2D eigenvalue weighted by molar-refractivity contribution is 0.627. The lowest BCUT2D eigenvalue weighted by Crippen LogP contribution is -2.28. The number of hydrogen-bond donors (Lipinski definition) is 2. The highest BCUT2D eigenvalue weighted by molar-refractivity contribution is 7.80. The van der Waals surface area contributed by atoms with E-state index in [0.29, 0.717) is 17.6 Å². The first-order chi connectivity index (χ1) is 10.5. The third-order valence-electron chi connectivity index (χ3n) is 3.53. The second-order valence-electron chi connectivity index (χ2n) is 5.63. The second-order valence-corrected chi connectivity index (χ2v) is 6.04. The van der Waals surface area contributed by atoms with Crippen LogP contribution in [0.15, 0.2) is 42.5 Å². The molecule has 2 rings (SSSR count). The van der Waals surface area contributed by atoms with Gasteiger partial charge in [0.2, 0.25) is 0 Å². The van der Waals surface area contributed by atoms with Crippen LogP contribution in [0.4, 0.5) is 10.1 Å². The van der Waals surface area contributed by atoms with Gasteiger partial charge in [-0.1, -0.05) is 44.2 Å². The van der Waals surface area contributed by atoms with Crippen molar-refractivity contribution in [2.45, 2.75) is 33.2 Å². The fraction of sp³-hybridized carbons (Fsp3) is 0.278. The average molecular weight is 316 g/mol. The van der Waals surface area contributed by atoms with E-state index in [0.717, 1.165) is 16.8 Å². The number of aryl methyl sites for hydroxylation is 1. The molecule has 0 aliphatic rings. The topological polar surface area (TPSA) is 24.1 Å². The van der Waals surface area contributed by atoms with E-state index in [4.69, 9.17) is 12.2 Å². The van der Waals surface area contributed by atoms with E-state index in [-0.39, 0.29) is 5.82 Å². The Hall–Kier alpha value is -1.94. The third-order valence-corrected chi connectivity index (χ3v) is 3.78. The Balaban J connectivity index is 2.02. The molecule has 0 radical (unpaired) electrons. The van der Waals surface area contributed by atoms with E-state index >= 15 is 0 Å². The Morgan fingerprint density at radius 2 is 1.82 bits per heavy atom. The van der Waals surface area contributed by atoms with Crippen molar-refractivity contribution in [1.82, 2.24) is 5.32 Å². The fourth-order valence-corrected chi connectivity index (χ4v) is 2.46. The van der Waals surface area contributed by atoms with Gasteiger partial charge in [0.15, 0.2) is 5.11 Å². The van der Waals surface area contributed by atoms with Crippen molar-refractivity contribution in [3.8, 4) is 0 Å². The minimum absolute atomic E-state index is 0.231. The van der Waals surface area contributed by atoms with E-state index in [1.165, 1.54) is 17.7 Å². The quantitative estimate of drug-likeness (QED) is 0.796. The zero-order valence-corrected chi connectivity index (χ0v) is 13.9. The van der Waals surface area contributed by atoms with Gasteiger partial charge in [0.1, 0.15) is 5.82 Å². The van der Waals surface area contributed by atoms with E-state index in [9.17, 15) is 4.39 Å². The van der Waals surface area contributed by atoms with Crippen LogP contribution in [-0.2, 0) is 6.54 Å². The van der Waals surface area contributed by atoms with Crippen LogP contribution in [0.25, 0.3) is 0 Å². The van der Waals surface area contributed by atoms with E-state index in [1.807, 2.05) is 0 Å².